The Kier molecular flexibility index (Phi) is 6.97. The van der Waals surface area contributed by atoms with Crippen molar-refractivity contribution in [3.8, 4) is 5.75 Å². The number of esters is 1. The lowest BCUT2D eigenvalue weighted by molar-refractivity contribution is -0.152. The quantitative estimate of drug-likeness (QED) is 0.487. The number of benzene rings is 2. The fraction of sp³-hybridized carbons (Fsp3) is 0.375. The number of aryl methyl sites for hydroxylation is 1. The summed E-state index contributed by atoms with van der Waals surface area (Å²) in [7, 11) is 1.59. The number of nitrogens with zero attached hydrogens (tertiary/aromatic N) is 5. The van der Waals surface area contributed by atoms with Gasteiger partial charge in [0.1, 0.15) is 5.75 Å². The van der Waals surface area contributed by atoms with Crippen LogP contribution >= 0.6 is 0 Å². The SMILES string of the molecule is CCCn1nnnc1COC(=O)[C@H]1CCC(=O)N(c2ccc(OC)cc2)[C@H]1c1ccccc1. The molecule has 2 aromatic carbocycles. The molecule has 0 unspecified atom stereocenters. The second kappa shape index (κ2) is 10.2. The van der Waals surface area contributed by atoms with Crippen LogP contribution in [-0.4, -0.2) is 39.2 Å². The van der Waals surface area contributed by atoms with Gasteiger partial charge in [-0.05, 0) is 53.1 Å². The molecule has 0 saturated carbocycles. The number of piperidine rings is 1. The number of carbonyl (C=O) groups excluding carboxylic acids is 2. The van der Waals surface area contributed by atoms with E-state index in [2.05, 4.69) is 15.5 Å². The lowest BCUT2D eigenvalue weighted by atomic mass is 9.84. The first-order valence-electron chi connectivity index (χ1n) is 11.0. The largest absolute Gasteiger partial charge is 0.497 e. The molecule has 2 heterocycles. The molecule has 9 nitrogen and oxygen atoms in total. The van der Waals surface area contributed by atoms with Gasteiger partial charge < -0.3 is 14.4 Å². The standard InChI is InChI=1S/C24H27N5O4/c1-3-15-28-21(25-26-27-28)16-33-24(31)20-13-14-22(30)29(18-9-11-19(32-2)12-10-18)23(20)17-7-5-4-6-8-17/h4-12,20,23H,3,13-16H2,1-2H3/t20-,23-/m0/s1. The van der Waals surface area contributed by atoms with Crippen molar-refractivity contribution in [2.45, 2.75) is 45.4 Å². The van der Waals surface area contributed by atoms with Crippen LogP contribution < -0.4 is 9.64 Å². The number of ether oxygens (including phenoxy) is 2. The minimum Gasteiger partial charge on any atom is -0.497 e. The number of anilines is 1. The van der Waals surface area contributed by atoms with Crippen molar-refractivity contribution in [1.82, 2.24) is 20.2 Å². The van der Waals surface area contributed by atoms with E-state index in [4.69, 9.17) is 9.47 Å². The van der Waals surface area contributed by atoms with Crippen LogP contribution in [0.1, 0.15) is 43.6 Å². The number of carbonyl (C=O) groups is 2. The zero-order valence-electron chi connectivity index (χ0n) is 18.8. The summed E-state index contributed by atoms with van der Waals surface area (Å²) in [6.07, 6.45) is 1.52. The Hall–Kier alpha value is -3.75. The fourth-order valence-corrected chi connectivity index (χ4v) is 4.17. The van der Waals surface area contributed by atoms with Crippen LogP contribution in [-0.2, 0) is 27.5 Å². The summed E-state index contributed by atoms with van der Waals surface area (Å²) in [5.41, 5.74) is 1.58. The first-order chi connectivity index (χ1) is 16.1. The third kappa shape index (κ3) is 4.87. The third-order valence-corrected chi connectivity index (χ3v) is 5.78. The summed E-state index contributed by atoms with van der Waals surface area (Å²) in [5, 5.41) is 11.6. The van der Waals surface area contributed by atoms with Crippen LogP contribution in [0.25, 0.3) is 0 Å². The van der Waals surface area contributed by atoms with Crippen molar-refractivity contribution >= 4 is 17.6 Å². The van der Waals surface area contributed by atoms with Crippen LogP contribution in [0.2, 0.25) is 0 Å². The van der Waals surface area contributed by atoms with Gasteiger partial charge in [0.2, 0.25) is 5.91 Å². The van der Waals surface area contributed by atoms with Gasteiger partial charge in [0.15, 0.2) is 12.4 Å². The third-order valence-electron chi connectivity index (χ3n) is 5.78. The highest BCUT2D eigenvalue weighted by Crippen LogP contribution is 2.41. The molecule has 1 aliphatic rings. The molecule has 2 atom stereocenters. The van der Waals surface area contributed by atoms with E-state index in [1.807, 2.05) is 49.4 Å². The predicted molar refractivity (Wildman–Crippen MR) is 120 cm³/mol. The minimum absolute atomic E-state index is 0.0136. The monoisotopic (exact) mass is 449 g/mol. The molecule has 1 aliphatic heterocycles. The molecule has 0 N–H and O–H groups in total. The van der Waals surface area contributed by atoms with Gasteiger partial charge >= 0.3 is 5.97 Å². The molecule has 0 aliphatic carbocycles. The van der Waals surface area contributed by atoms with Crippen molar-refractivity contribution in [2.75, 3.05) is 12.0 Å². The zero-order chi connectivity index (χ0) is 23.2. The van der Waals surface area contributed by atoms with Gasteiger partial charge in [0, 0.05) is 18.7 Å². The molecule has 9 heteroatoms. The number of tetrazole rings is 1. The summed E-state index contributed by atoms with van der Waals surface area (Å²) in [4.78, 5) is 28.0. The van der Waals surface area contributed by atoms with Crippen LogP contribution in [0.4, 0.5) is 5.69 Å². The second-order valence-electron chi connectivity index (χ2n) is 7.89. The normalized spacial score (nSPS) is 18.2. The summed E-state index contributed by atoms with van der Waals surface area (Å²) in [6.45, 7) is 2.66. The van der Waals surface area contributed by atoms with E-state index in [1.165, 1.54) is 0 Å². The summed E-state index contributed by atoms with van der Waals surface area (Å²) in [5.74, 6) is 0.258. The van der Waals surface area contributed by atoms with Crippen molar-refractivity contribution < 1.29 is 19.1 Å². The fourth-order valence-electron chi connectivity index (χ4n) is 4.17. The van der Waals surface area contributed by atoms with Gasteiger partial charge in [-0.25, -0.2) is 4.68 Å². The van der Waals surface area contributed by atoms with Crippen molar-refractivity contribution in [3.63, 3.8) is 0 Å². The van der Waals surface area contributed by atoms with Crippen molar-refractivity contribution in [2.24, 2.45) is 5.92 Å². The number of hydrogen-bond acceptors (Lipinski definition) is 7. The number of methoxy groups -OCH3 is 1. The Labute approximate surface area is 192 Å². The molecule has 1 saturated heterocycles. The van der Waals surface area contributed by atoms with Crippen LogP contribution in [0.15, 0.2) is 54.6 Å². The number of amides is 1. The van der Waals surface area contributed by atoms with E-state index in [-0.39, 0.29) is 24.9 Å². The summed E-state index contributed by atoms with van der Waals surface area (Å²) < 4.78 is 12.5. The topological polar surface area (TPSA) is 99.4 Å². The van der Waals surface area contributed by atoms with E-state index in [9.17, 15) is 9.59 Å². The average Bonchev–Trinajstić information content (AvgIpc) is 3.30. The van der Waals surface area contributed by atoms with Gasteiger partial charge in [-0.15, -0.1) is 5.10 Å². The molecule has 1 fully saturated rings. The highest BCUT2D eigenvalue weighted by atomic mass is 16.5. The Balaban J connectivity index is 1.62. The van der Waals surface area contributed by atoms with E-state index in [1.54, 1.807) is 28.8 Å². The Morgan fingerprint density at radius 2 is 1.88 bits per heavy atom. The van der Waals surface area contributed by atoms with Gasteiger partial charge in [0.05, 0.1) is 19.1 Å². The lowest BCUT2D eigenvalue weighted by Crippen LogP contribution is -2.46. The molecule has 1 amide bonds. The highest BCUT2D eigenvalue weighted by Gasteiger charge is 2.42. The lowest BCUT2D eigenvalue weighted by Gasteiger charge is -2.40. The van der Waals surface area contributed by atoms with Crippen LogP contribution in [0, 0.1) is 5.92 Å². The molecule has 1 aromatic heterocycles. The van der Waals surface area contributed by atoms with E-state index in [0.717, 1.165) is 12.0 Å². The minimum atomic E-state index is -0.525. The van der Waals surface area contributed by atoms with Crippen LogP contribution in [0.5, 0.6) is 5.75 Å². The molecule has 4 rings (SSSR count). The molecule has 0 radical (unpaired) electrons. The van der Waals surface area contributed by atoms with Gasteiger partial charge in [-0.3, -0.25) is 9.59 Å². The molecule has 33 heavy (non-hydrogen) atoms. The highest BCUT2D eigenvalue weighted by molar-refractivity contribution is 5.97. The number of hydrogen-bond donors (Lipinski definition) is 0. The van der Waals surface area contributed by atoms with Gasteiger partial charge in [-0.1, -0.05) is 37.3 Å². The molecule has 172 valence electrons. The molecule has 0 bridgehead atoms. The first-order valence-corrected chi connectivity index (χ1v) is 11.0. The molecule has 0 spiro atoms. The number of rotatable bonds is 8. The molecule has 3 aromatic rings. The Morgan fingerprint density at radius 3 is 2.58 bits per heavy atom. The second-order valence-corrected chi connectivity index (χ2v) is 7.89. The van der Waals surface area contributed by atoms with Crippen molar-refractivity contribution in [1.29, 1.82) is 0 Å². The maximum atomic E-state index is 13.3. The maximum absolute atomic E-state index is 13.3. The Bertz CT molecular complexity index is 1080. The molecular weight excluding hydrogens is 422 g/mol. The van der Waals surface area contributed by atoms with Gasteiger partial charge in [-0.2, -0.15) is 0 Å². The maximum Gasteiger partial charge on any atom is 0.311 e. The van der Waals surface area contributed by atoms with Crippen LogP contribution in [0.3, 0.4) is 0 Å². The van der Waals surface area contributed by atoms with Gasteiger partial charge in [0.25, 0.3) is 0 Å². The van der Waals surface area contributed by atoms with Crippen molar-refractivity contribution in [3.05, 3.63) is 66.0 Å². The average molecular weight is 450 g/mol. The smallest absolute Gasteiger partial charge is 0.311 e. The van der Waals surface area contributed by atoms with E-state index in [0.29, 0.717) is 30.2 Å². The zero-order valence-corrected chi connectivity index (χ0v) is 18.8. The summed E-state index contributed by atoms with van der Waals surface area (Å²) >= 11 is 0. The Morgan fingerprint density at radius 1 is 1.12 bits per heavy atom. The number of aromatic nitrogens is 4. The summed E-state index contributed by atoms with van der Waals surface area (Å²) in [6, 6.07) is 16.4. The van der Waals surface area contributed by atoms with E-state index < -0.39 is 12.0 Å². The first kappa shape index (κ1) is 22.4. The van der Waals surface area contributed by atoms with E-state index >= 15 is 0 Å². The molecular formula is C24H27N5O4. The predicted octanol–water partition coefficient (Wildman–Crippen LogP) is 3.32.